The molecule has 2 saturated carbocycles. The molecule has 0 aromatic rings. The van der Waals surface area contributed by atoms with E-state index in [1.807, 2.05) is 0 Å². The van der Waals surface area contributed by atoms with Crippen molar-refractivity contribution in [2.24, 2.45) is 40.2 Å². The van der Waals surface area contributed by atoms with Gasteiger partial charge < -0.3 is 15.9 Å². The summed E-state index contributed by atoms with van der Waals surface area (Å²) in [5.74, 6) is 0.300. The van der Waals surface area contributed by atoms with Gasteiger partial charge in [0.25, 0.3) is 0 Å². The highest BCUT2D eigenvalue weighted by Crippen LogP contribution is 2.60. The van der Waals surface area contributed by atoms with Crippen molar-refractivity contribution < 1.29 is 19.8 Å². The Hall–Kier alpha value is -2.13. The van der Waals surface area contributed by atoms with Crippen molar-refractivity contribution in [1.29, 1.82) is 5.26 Å². The largest absolute Gasteiger partial charge is 0.481 e. The molecule has 6 atom stereocenters. The van der Waals surface area contributed by atoms with Gasteiger partial charge >= 0.3 is 11.9 Å². The zero-order chi connectivity index (χ0) is 22.1. The zero-order valence-corrected chi connectivity index (χ0v) is 18.1. The number of rotatable bonds is 7. The van der Waals surface area contributed by atoms with Crippen LogP contribution in [-0.2, 0) is 9.59 Å². The first-order valence-electron chi connectivity index (χ1n) is 11.2. The van der Waals surface area contributed by atoms with Gasteiger partial charge in [-0.2, -0.15) is 5.26 Å². The first kappa shape index (κ1) is 27.9. The zero-order valence-electron chi connectivity index (χ0n) is 18.1. The number of nitriles is 1. The van der Waals surface area contributed by atoms with E-state index in [-0.39, 0.29) is 39.0 Å². The third kappa shape index (κ3) is 4.93. The molecule has 32 heavy (non-hydrogen) atoms. The van der Waals surface area contributed by atoms with Crippen LogP contribution in [0.2, 0.25) is 0 Å². The Balaban J connectivity index is 0.000000301. The third-order valence-electron chi connectivity index (χ3n) is 8.04. The molecule has 6 heteroatoms. The number of allylic oxidation sites excluding steroid dienone is 4. The fourth-order valence-electron chi connectivity index (χ4n) is 6.40. The van der Waals surface area contributed by atoms with Crippen LogP contribution in [0.4, 0.5) is 0 Å². The van der Waals surface area contributed by atoms with Crippen LogP contribution >= 0.6 is 0 Å². The minimum Gasteiger partial charge on any atom is -0.481 e. The van der Waals surface area contributed by atoms with Gasteiger partial charge in [0.2, 0.25) is 0 Å². The Bertz CT molecular complexity index is 811. The number of hydrogen-bond donors (Lipinski definition) is 3. The Morgan fingerprint density at radius 1 is 1.00 bits per heavy atom. The summed E-state index contributed by atoms with van der Waals surface area (Å²) in [7, 11) is 0. The van der Waals surface area contributed by atoms with Gasteiger partial charge in [0, 0.05) is 0 Å². The van der Waals surface area contributed by atoms with Crippen LogP contribution in [-0.4, -0.2) is 28.7 Å². The average molecular weight is 447 g/mol. The lowest BCUT2D eigenvalue weighted by Gasteiger charge is -2.51. The van der Waals surface area contributed by atoms with Gasteiger partial charge in [0.05, 0.1) is 24.3 Å². The van der Waals surface area contributed by atoms with E-state index in [1.54, 1.807) is 0 Å². The average Bonchev–Trinajstić information content (AvgIpc) is 3.22. The van der Waals surface area contributed by atoms with Gasteiger partial charge in [-0.3, -0.25) is 9.59 Å². The van der Waals surface area contributed by atoms with Gasteiger partial charge in [0.15, 0.2) is 0 Å². The van der Waals surface area contributed by atoms with E-state index in [4.69, 9.17) is 21.2 Å². The lowest BCUT2D eigenvalue weighted by Crippen LogP contribution is -2.51. The van der Waals surface area contributed by atoms with Crippen molar-refractivity contribution >= 4 is 11.9 Å². The molecule has 0 amide bonds. The normalized spacial score (nSPS) is 35.4. The molecule has 6 nitrogen and oxygen atoms in total. The SMILES string of the molecule is C.C.CCC1=C[C@@H]2[C@H](C1)C[C@]2(C#N)CC(=O)O.CCC1=C[C@@H]2[C@H](C1)C[C@]2(CN)CC(=O)O. The minimum absolute atomic E-state index is 0. The van der Waals surface area contributed by atoms with Crippen molar-refractivity contribution in [2.75, 3.05) is 6.54 Å². The van der Waals surface area contributed by atoms with E-state index >= 15 is 0 Å². The monoisotopic (exact) mass is 446 g/mol. The first-order chi connectivity index (χ1) is 14.2. The summed E-state index contributed by atoms with van der Waals surface area (Å²) in [4.78, 5) is 21.6. The number of hydrogen-bond acceptors (Lipinski definition) is 4. The molecule has 2 fully saturated rings. The lowest BCUT2D eigenvalue weighted by atomic mass is 9.53. The van der Waals surface area contributed by atoms with Crippen LogP contribution < -0.4 is 5.73 Å². The number of nitrogens with two attached hydrogens (primary N) is 1. The highest BCUT2D eigenvalue weighted by Gasteiger charge is 2.56. The van der Waals surface area contributed by atoms with Crippen LogP contribution in [0.25, 0.3) is 0 Å². The molecule has 4 aliphatic rings. The highest BCUT2D eigenvalue weighted by molar-refractivity contribution is 5.69. The van der Waals surface area contributed by atoms with Crippen molar-refractivity contribution in [2.45, 2.75) is 80.1 Å². The Labute approximate surface area is 193 Å². The summed E-state index contributed by atoms with van der Waals surface area (Å²) in [5.41, 5.74) is 7.92. The van der Waals surface area contributed by atoms with E-state index in [0.717, 1.165) is 32.1 Å². The maximum absolute atomic E-state index is 10.8. The quantitative estimate of drug-likeness (QED) is 0.450. The van der Waals surface area contributed by atoms with Crippen LogP contribution in [0.3, 0.4) is 0 Å². The number of fused-ring (bicyclic) bond motifs is 2. The van der Waals surface area contributed by atoms with Gasteiger partial charge in [-0.1, -0.05) is 52.0 Å². The number of carboxylic acids is 2. The van der Waals surface area contributed by atoms with E-state index in [9.17, 15) is 9.59 Å². The molecule has 0 radical (unpaired) electrons. The maximum atomic E-state index is 10.8. The molecule has 0 aliphatic heterocycles. The second kappa shape index (κ2) is 10.7. The fraction of sp³-hybridized carbons (Fsp3) is 0.731. The Morgan fingerprint density at radius 3 is 1.94 bits per heavy atom. The van der Waals surface area contributed by atoms with Gasteiger partial charge in [0.1, 0.15) is 0 Å². The number of carboxylic acid groups (broad SMARTS) is 2. The van der Waals surface area contributed by atoms with Gasteiger partial charge in [-0.05, 0) is 74.2 Å². The molecule has 4 rings (SSSR count). The van der Waals surface area contributed by atoms with E-state index in [0.29, 0.717) is 24.3 Å². The number of aliphatic carboxylic acids is 2. The molecule has 0 unspecified atom stereocenters. The second-order valence-electron chi connectivity index (χ2n) is 9.72. The lowest BCUT2D eigenvalue weighted by molar-refractivity contribution is -0.144. The van der Waals surface area contributed by atoms with Crippen LogP contribution in [0.15, 0.2) is 23.3 Å². The molecule has 0 spiro atoms. The minimum atomic E-state index is -0.853. The number of nitrogens with zero attached hydrogens (tertiary/aromatic N) is 1. The predicted molar refractivity (Wildman–Crippen MR) is 127 cm³/mol. The van der Waals surface area contributed by atoms with Gasteiger partial charge in [-0.25, -0.2) is 0 Å². The third-order valence-corrected chi connectivity index (χ3v) is 8.04. The van der Waals surface area contributed by atoms with Crippen LogP contribution in [0, 0.1) is 45.8 Å². The van der Waals surface area contributed by atoms with E-state index < -0.39 is 17.4 Å². The van der Waals surface area contributed by atoms with Crippen molar-refractivity contribution in [3.05, 3.63) is 23.3 Å². The summed E-state index contributed by atoms with van der Waals surface area (Å²) in [6.07, 6.45) is 10.8. The maximum Gasteiger partial charge on any atom is 0.304 e. The topological polar surface area (TPSA) is 124 Å². The summed E-state index contributed by atoms with van der Waals surface area (Å²) in [6.45, 7) is 4.79. The van der Waals surface area contributed by atoms with Crippen LogP contribution in [0.5, 0.6) is 0 Å². The fourth-order valence-corrected chi connectivity index (χ4v) is 6.40. The summed E-state index contributed by atoms with van der Waals surface area (Å²) in [6, 6.07) is 2.24. The molecule has 0 saturated heterocycles. The molecule has 4 aliphatic carbocycles. The molecule has 0 aromatic heterocycles. The van der Waals surface area contributed by atoms with E-state index in [1.165, 1.54) is 17.6 Å². The first-order valence-corrected chi connectivity index (χ1v) is 11.2. The highest BCUT2D eigenvalue weighted by atomic mass is 16.4. The van der Waals surface area contributed by atoms with Crippen LogP contribution in [0.1, 0.15) is 80.1 Å². The molecule has 4 N–H and O–H groups in total. The smallest absolute Gasteiger partial charge is 0.304 e. The van der Waals surface area contributed by atoms with Crippen molar-refractivity contribution in [3.8, 4) is 6.07 Å². The van der Waals surface area contributed by atoms with E-state index in [2.05, 4.69) is 32.1 Å². The molecule has 0 heterocycles. The molecular formula is C26H42N2O4. The predicted octanol–water partition coefficient (Wildman–Crippen LogP) is 5.40. The molecule has 0 aromatic carbocycles. The summed E-state index contributed by atoms with van der Waals surface area (Å²) >= 11 is 0. The summed E-state index contributed by atoms with van der Waals surface area (Å²) < 4.78 is 0. The molecule has 0 bridgehead atoms. The number of carbonyl (C=O) groups is 2. The standard InChI is InChI=1S/C12H19NO2.C12H15NO2.2CH4/c2*1-2-8-3-9-5-12(7-13,6-11(14)15)10(9)4-8;;/h4,9-10H,2-3,5-7,13H2,1H3,(H,14,15);4,9-10H,2-3,5-6H2,1H3,(H,14,15);2*1H4/t2*9-,10-,12-;;/m11../s1. The Kier molecular flexibility index (Phi) is 9.29. The molecular weight excluding hydrogens is 404 g/mol. The van der Waals surface area contributed by atoms with Gasteiger partial charge in [-0.15, -0.1) is 0 Å². The second-order valence-corrected chi connectivity index (χ2v) is 9.72. The van der Waals surface area contributed by atoms with Crippen molar-refractivity contribution in [1.82, 2.24) is 0 Å². The Morgan fingerprint density at radius 2 is 1.50 bits per heavy atom. The summed E-state index contributed by atoms with van der Waals surface area (Å²) in [5, 5.41) is 26.9. The molecule has 180 valence electrons. The van der Waals surface area contributed by atoms with Crippen molar-refractivity contribution in [3.63, 3.8) is 0 Å².